The fraction of sp³-hybridized carbons (Fsp3) is 0.462. The Balaban J connectivity index is 2.06. The average molecular weight is 253 g/mol. The molecule has 2 aliphatic rings. The molecule has 90 valence electrons. The number of benzene rings is 1. The minimum Gasteiger partial charge on any atom is -0.466 e. The van der Waals surface area contributed by atoms with E-state index < -0.39 is 16.6 Å². The molecular weight excluding hydrogens is 240 g/mol. The van der Waals surface area contributed by atoms with Crippen LogP contribution in [0.15, 0.2) is 24.3 Å². The summed E-state index contributed by atoms with van der Waals surface area (Å²) in [7, 11) is 1.33. The Morgan fingerprint density at radius 2 is 2.24 bits per heavy atom. The fourth-order valence-corrected chi connectivity index (χ4v) is 3.19. The number of fused-ring (bicyclic) bond motifs is 2. The number of carbonyl (C=O) groups is 1. The van der Waals surface area contributed by atoms with Crippen molar-refractivity contribution in [1.82, 2.24) is 0 Å². The lowest BCUT2D eigenvalue weighted by molar-refractivity contribution is -0.143. The summed E-state index contributed by atoms with van der Waals surface area (Å²) in [6.07, 6.45) is 2.75. The van der Waals surface area contributed by atoms with Crippen molar-refractivity contribution >= 4 is 17.6 Å². The summed E-state index contributed by atoms with van der Waals surface area (Å²) in [4.78, 5) is 11.7. The lowest BCUT2D eigenvalue weighted by Gasteiger charge is -2.23. The standard InChI is InChI=1S/C13H13ClO3/c1-16-11(15)13(14)12(17-13)8-4-6-9-5-2-3-7-10(9)12/h2-3,5,7H,4,6,8H2,1H3. The molecule has 0 amide bonds. The Hall–Kier alpha value is -1.06. The van der Waals surface area contributed by atoms with Crippen molar-refractivity contribution in [2.75, 3.05) is 7.11 Å². The molecule has 3 nitrogen and oxygen atoms in total. The van der Waals surface area contributed by atoms with Gasteiger partial charge < -0.3 is 9.47 Å². The van der Waals surface area contributed by atoms with Gasteiger partial charge in [-0.2, -0.15) is 0 Å². The lowest BCUT2D eigenvalue weighted by atomic mass is 9.80. The van der Waals surface area contributed by atoms with Crippen LogP contribution in [0.1, 0.15) is 24.0 Å². The number of methoxy groups -OCH3 is 1. The number of hydrogen-bond donors (Lipinski definition) is 0. The minimum absolute atomic E-state index is 0.504. The maximum Gasteiger partial charge on any atom is 0.357 e. The van der Waals surface area contributed by atoms with Gasteiger partial charge >= 0.3 is 5.97 Å². The number of rotatable bonds is 1. The zero-order valence-electron chi connectivity index (χ0n) is 9.53. The molecule has 2 atom stereocenters. The molecular formula is C13H13ClO3. The SMILES string of the molecule is COC(=O)C1(Cl)OC12CCCc1ccccc12. The Bertz CT molecular complexity index is 487. The summed E-state index contributed by atoms with van der Waals surface area (Å²) in [5.74, 6) is -0.504. The Morgan fingerprint density at radius 1 is 1.47 bits per heavy atom. The zero-order chi connectivity index (χ0) is 12.1. The number of epoxide rings is 1. The molecule has 1 aromatic rings. The lowest BCUT2D eigenvalue weighted by Crippen LogP contribution is -2.31. The summed E-state index contributed by atoms with van der Waals surface area (Å²) in [5, 5.41) is -1.32. The molecule has 17 heavy (non-hydrogen) atoms. The van der Waals surface area contributed by atoms with Crippen LogP contribution in [0.25, 0.3) is 0 Å². The van der Waals surface area contributed by atoms with Crippen molar-refractivity contribution in [1.29, 1.82) is 0 Å². The molecule has 0 bridgehead atoms. The number of halogens is 1. The van der Waals surface area contributed by atoms with Gasteiger partial charge in [-0.1, -0.05) is 35.9 Å². The van der Waals surface area contributed by atoms with Crippen molar-refractivity contribution in [2.24, 2.45) is 0 Å². The Labute approximate surface area is 105 Å². The van der Waals surface area contributed by atoms with E-state index in [2.05, 4.69) is 6.07 Å². The molecule has 0 aromatic heterocycles. The first-order chi connectivity index (χ1) is 8.14. The molecule has 1 heterocycles. The highest BCUT2D eigenvalue weighted by Crippen LogP contribution is 2.64. The highest BCUT2D eigenvalue weighted by atomic mass is 35.5. The first kappa shape index (κ1) is 11.1. The van der Waals surface area contributed by atoms with Gasteiger partial charge in [0.05, 0.1) is 7.11 Å². The maximum atomic E-state index is 11.7. The van der Waals surface area contributed by atoms with Crippen LogP contribution >= 0.6 is 11.6 Å². The van der Waals surface area contributed by atoms with E-state index in [4.69, 9.17) is 21.1 Å². The van der Waals surface area contributed by atoms with Crippen LogP contribution in [0.5, 0.6) is 0 Å². The summed E-state index contributed by atoms with van der Waals surface area (Å²) >= 11 is 6.26. The predicted molar refractivity (Wildman–Crippen MR) is 62.7 cm³/mol. The molecule has 2 unspecified atom stereocenters. The van der Waals surface area contributed by atoms with Crippen molar-refractivity contribution in [3.63, 3.8) is 0 Å². The average Bonchev–Trinajstić information content (AvgIpc) is 2.96. The monoisotopic (exact) mass is 252 g/mol. The first-order valence-electron chi connectivity index (χ1n) is 5.70. The quantitative estimate of drug-likeness (QED) is 0.438. The van der Waals surface area contributed by atoms with Crippen LogP contribution in [0.4, 0.5) is 0 Å². The van der Waals surface area contributed by atoms with Gasteiger partial charge in [0.2, 0.25) is 0 Å². The van der Waals surface area contributed by atoms with E-state index in [1.807, 2.05) is 18.2 Å². The number of aryl methyl sites for hydroxylation is 1. The van der Waals surface area contributed by atoms with Gasteiger partial charge in [0.15, 0.2) is 5.60 Å². The largest absolute Gasteiger partial charge is 0.466 e. The van der Waals surface area contributed by atoms with E-state index in [-0.39, 0.29) is 0 Å². The van der Waals surface area contributed by atoms with Crippen LogP contribution in [0.2, 0.25) is 0 Å². The van der Waals surface area contributed by atoms with Crippen molar-refractivity contribution in [2.45, 2.75) is 29.9 Å². The molecule has 1 aliphatic heterocycles. The molecule has 1 fully saturated rings. The van der Waals surface area contributed by atoms with E-state index >= 15 is 0 Å². The fourth-order valence-electron chi connectivity index (χ4n) is 2.79. The molecule has 4 heteroatoms. The minimum atomic E-state index is -1.32. The highest BCUT2D eigenvalue weighted by Gasteiger charge is 2.76. The molecule has 1 saturated heterocycles. The van der Waals surface area contributed by atoms with Crippen molar-refractivity contribution in [3.05, 3.63) is 35.4 Å². The number of alkyl halides is 1. The third kappa shape index (κ3) is 1.30. The molecule has 0 N–H and O–H groups in total. The van der Waals surface area contributed by atoms with E-state index in [0.29, 0.717) is 0 Å². The van der Waals surface area contributed by atoms with Crippen molar-refractivity contribution in [3.8, 4) is 0 Å². The second-order valence-electron chi connectivity index (χ2n) is 4.53. The second kappa shape index (κ2) is 3.47. The van der Waals surface area contributed by atoms with Crippen LogP contribution in [0, 0.1) is 0 Å². The van der Waals surface area contributed by atoms with Crippen LogP contribution in [-0.2, 0) is 26.3 Å². The van der Waals surface area contributed by atoms with Gasteiger partial charge in [-0.25, -0.2) is 4.79 Å². The summed E-state index contributed by atoms with van der Waals surface area (Å²) < 4.78 is 10.3. The molecule has 0 radical (unpaired) electrons. The van der Waals surface area contributed by atoms with Gasteiger partial charge in [-0.05, 0) is 30.4 Å². The summed E-state index contributed by atoms with van der Waals surface area (Å²) in [5.41, 5.74) is 1.58. The first-order valence-corrected chi connectivity index (χ1v) is 6.08. The van der Waals surface area contributed by atoms with Gasteiger partial charge in [-0.3, -0.25) is 0 Å². The van der Waals surface area contributed by atoms with Crippen molar-refractivity contribution < 1.29 is 14.3 Å². The second-order valence-corrected chi connectivity index (χ2v) is 5.06. The Morgan fingerprint density at radius 3 is 3.00 bits per heavy atom. The number of carbonyl (C=O) groups excluding carboxylic acids is 1. The normalized spacial score (nSPS) is 34.2. The van der Waals surface area contributed by atoms with Crippen LogP contribution in [0.3, 0.4) is 0 Å². The predicted octanol–water partition coefficient (Wildman–Crippen LogP) is 2.36. The highest BCUT2D eigenvalue weighted by molar-refractivity contribution is 6.36. The molecule has 0 saturated carbocycles. The van der Waals surface area contributed by atoms with Gasteiger partial charge in [-0.15, -0.1) is 0 Å². The van der Waals surface area contributed by atoms with Gasteiger partial charge in [0, 0.05) is 0 Å². The van der Waals surface area contributed by atoms with Gasteiger partial charge in [0.25, 0.3) is 5.06 Å². The Kier molecular flexibility index (Phi) is 2.25. The van der Waals surface area contributed by atoms with Crippen LogP contribution < -0.4 is 0 Å². The number of ether oxygens (including phenoxy) is 2. The topological polar surface area (TPSA) is 38.8 Å². The molecule has 1 aromatic carbocycles. The van der Waals surface area contributed by atoms with E-state index in [9.17, 15) is 4.79 Å². The molecule has 3 rings (SSSR count). The van der Waals surface area contributed by atoms with E-state index in [1.54, 1.807) is 0 Å². The smallest absolute Gasteiger partial charge is 0.357 e. The summed E-state index contributed by atoms with van der Waals surface area (Å²) in [6, 6.07) is 7.99. The third-order valence-corrected chi connectivity index (χ3v) is 4.20. The van der Waals surface area contributed by atoms with E-state index in [0.717, 1.165) is 24.8 Å². The molecule has 1 spiro atoms. The maximum absolute atomic E-state index is 11.7. The molecule has 1 aliphatic carbocycles. The number of esters is 1. The third-order valence-electron chi connectivity index (χ3n) is 3.67. The number of hydrogen-bond acceptors (Lipinski definition) is 3. The zero-order valence-corrected chi connectivity index (χ0v) is 10.3. The van der Waals surface area contributed by atoms with Gasteiger partial charge in [0.1, 0.15) is 0 Å². The van der Waals surface area contributed by atoms with Crippen LogP contribution in [-0.4, -0.2) is 18.1 Å². The summed E-state index contributed by atoms with van der Waals surface area (Å²) in [6.45, 7) is 0. The van der Waals surface area contributed by atoms with E-state index in [1.165, 1.54) is 12.7 Å².